The van der Waals surface area contributed by atoms with E-state index < -0.39 is 34.2 Å². The number of carboxylic acid groups (broad SMARTS) is 1. The molecule has 1 aromatic carbocycles. The first-order valence-electron chi connectivity index (χ1n) is 6.68. The lowest BCUT2D eigenvalue weighted by Crippen LogP contribution is -2.30. The van der Waals surface area contributed by atoms with Crippen LogP contribution in [0.2, 0.25) is 0 Å². The third kappa shape index (κ3) is 6.59. The fourth-order valence-corrected chi connectivity index (χ4v) is 2.98. The summed E-state index contributed by atoms with van der Waals surface area (Å²) in [6.45, 7) is 5.52. The van der Waals surface area contributed by atoms with E-state index in [1.54, 1.807) is 31.2 Å². The number of hydrogen-bond donors (Lipinski definition) is 2. The zero-order chi connectivity index (χ0) is 16.0. The number of ether oxygens (including phenoxy) is 1. The normalized spacial score (nSPS) is 13.1. The van der Waals surface area contributed by atoms with Crippen molar-refractivity contribution in [3.8, 4) is 5.75 Å². The molecule has 1 rings (SSSR count). The summed E-state index contributed by atoms with van der Waals surface area (Å²) in [6.07, 6.45) is -0.388. The van der Waals surface area contributed by atoms with Crippen molar-refractivity contribution in [1.82, 2.24) is 4.72 Å². The highest BCUT2D eigenvalue weighted by Gasteiger charge is 2.17. The highest BCUT2D eigenvalue weighted by Crippen LogP contribution is 2.20. The van der Waals surface area contributed by atoms with E-state index in [4.69, 9.17) is 9.84 Å². The summed E-state index contributed by atoms with van der Waals surface area (Å²) < 4.78 is 31.6. The van der Waals surface area contributed by atoms with Crippen LogP contribution in [0.4, 0.5) is 0 Å². The van der Waals surface area contributed by atoms with Gasteiger partial charge in [-0.1, -0.05) is 12.1 Å². The van der Waals surface area contributed by atoms with Gasteiger partial charge in [0.05, 0.1) is 18.3 Å². The third-order valence-electron chi connectivity index (χ3n) is 2.67. The predicted octanol–water partition coefficient (Wildman–Crippen LogP) is 1.93. The molecule has 1 aromatic rings. The van der Waals surface area contributed by atoms with Crippen LogP contribution in [-0.4, -0.2) is 31.4 Å². The number of hydrogen-bond acceptors (Lipinski definition) is 4. The molecule has 21 heavy (non-hydrogen) atoms. The Morgan fingerprint density at radius 2 is 2.00 bits per heavy atom. The molecule has 0 saturated heterocycles. The molecule has 0 aliphatic rings. The van der Waals surface area contributed by atoms with Crippen LogP contribution in [0, 0.1) is 0 Å². The topological polar surface area (TPSA) is 92.7 Å². The maximum absolute atomic E-state index is 11.8. The predicted molar refractivity (Wildman–Crippen MR) is 79.8 cm³/mol. The number of carboxylic acids is 1. The Balaban J connectivity index is 2.75. The fourth-order valence-electron chi connectivity index (χ4n) is 1.75. The van der Waals surface area contributed by atoms with Crippen LogP contribution in [0.3, 0.4) is 0 Å². The Kier molecular flexibility index (Phi) is 6.17. The SMILES string of the molecule is CC(C)Oc1cccc(C(C)NS(=O)(=O)CCC(=O)O)c1. The standard InChI is InChI=1S/C14H21NO5S/c1-10(2)20-13-6-4-5-12(9-13)11(3)15-21(18,19)8-7-14(16)17/h4-6,9-11,15H,7-8H2,1-3H3,(H,16,17). The van der Waals surface area contributed by atoms with Crippen LogP contribution in [0.25, 0.3) is 0 Å². The molecule has 0 heterocycles. The van der Waals surface area contributed by atoms with Gasteiger partial charge in [-0.3, -0.25) is 4.79 Å². The number of aliphatic carboxylic acids is 1. The molecule has 0 saturated carbocycles. The first-order chi connectivity index (χ1) is 9.69. The Morgan fingerprint density at radius 1 is 1.33 bits per heavy atom. The van der Waals surface area contributed by atoms with Gasteiger partial charge in [0.1, 0.15) is 5.75 Å². The molecule has 2 N–H and O–H groups in total. The largest absolute Gasteiger partial charge is 0.491 e. The molecule has 0 bridgehead atoms. The lowest BCUT2D eigenvalue weighted by atomic mass is 10.1. The minimum atomic E-state index is -3.63. The molecular weight excluding hydrogens is 294 g/mol. The second-order valence-electron chi connectivity index (χ2n) is 5.04. The van der Waals surface area contributed by atoms with Gasteiger partial charge in [0.25, 0.3) is 0 Å². The molecule has 0 fully saturated rings. The summed E-state index contributed by atoms with van der Waals surface area (Å²) >= 11 is 0. The molecule has 0 spiro atoms. The molecular formula is C14H21NO5S. The number of sulfonamides is 1. The smallest absolute Gasteiger partial charge is 0.304 e. The maximum atomic E-state index is 11.8. The van der Waals surface area contributed by atoms with Crippen molar-refractivity contribution in [2.24, 2.45) is 0 Å². The quantitative estimate of drug-likeness (QED) is 0.764. The second-order valence-corrected chi connectivity index (χ2v) is 6.91. The highest BCUT2D eigenvalue weighted by molar-refractivity contribution is 7.89. The van der Waals surface area contributed by atoms with Gasteiger partial charge in [0, 0.05) is 6.04 Å². The molecule has 118 valence electrons. The lowest BCUT2D eigenvalue weighted by molar-refractivity contribution is -0.136. The summed E-state index contributed by atoms with van der Waals surface area (Å²) in [7, 11) is -3.63. The summed E-state index contributed by atoms with van der Waals surface area (Å²) in [5, 5.41) is 8.54. The molecule has 0 radical (unpaired) electrons. The van der Waals surface area contributed by atoms with E-state index in [1.807, 2.05) is 13.8 Å². The number of nitrogens with one attached hydrogen (secondary N) is 1. The van der Waals surface area contributed by atoms with Crippen molar-refractivity contribution in [2.45, 2.75) is 39.3 Å². The molecule has 0 amide bonds. The number of rotatable bonds is 8. The van der Waals surface area contributed by atoms with Crippen LogP contribution in [0.1, 0.15) is 38.8 Å². The Bertz CT molecular complexity index is 583. The van der Waals surface area contributed by atoms with Crippen LogP contribution < -0.4 is 9.46 Å². The van der Waals surface area contributed by atoms with E-state index >= 15 is 0 Å². The van der Waals surface area contributed by atoms with Gasteiger partial charge in [-0.15, -0.1) is 0 Å². The van der Waals surface area contributed by atoms with E-state index in [2.05, 4.69) is 4.72 Å². The zero-order valence-electron chi connectivity index (χ0n) is 12.4. The van der Waals surface area contributed by atoms with Crippen LogP contribution >= 0.6 is 0 Å². The summed E-state index contributed by atoms with van der Waals surface area (Å²) in [5.74, 6) is -0.908. The molecule has 1 unspecified atom stereocenters. The van der Waals surface area contributed by atoms with Crippen LogP contribution in [0.15, 0.2) is 24.3 Å². The minimum absolute atomic E-state index is 0.0304. The maximum Gasteiger partial charge on any atom is 0.304 e. The monoisotopic (exact) mass is 315 g/mol. The van der Waals surface area contributed by atoms with Gasteiger partial charge < -0.3 is 9.84 Å². The second kappa shape index (κ2) is 7.42. The Labute approximate surface area is 125 Å². The molecule has 6 nitrogen and oxygen atoms in total. The van der Waals surface area contributed by atoms with Crippen molar-refractivity contribution in [1.29, 1.82) is 0 Å². The molecule has 0 aliphatic carbocycles. The summed E-state index contributed by atoms with van der Waals surface area (Å²) in [4.78, 5) is 10.4. The first kappa shape index (κ1) is 17.5. The van der Waals surface area contributed by atoms with Gasteiger partial charge >= 0.3 is 5.97 Å². The highest BCUT2D eigenvalue weighted by atomic mass is 32.2. The van der Waals surface area contributed by atoms with E-state index in [9.17, 15) is 13.2 Å². The lowest BCUT2D eigenvalue weighted by Gasteiger charge is -2.16. The van der Waals surface area contributed by atoms with Crippen molar-refractivity contribution in [3.63, 3.8) is 0 Å². The van der Waals surface area contributed by atoms with E-state index in [0.29, 0.717) is 5.75 Å². The van der Waals surface area contributed by atoms with E-state index in [-0.39, 0.29) is 6.10 Å². The van der Waals surface area contributed by atoms with Crippen molar-refractivity contribution < 1.29 is 23.1 Å². The Hall–Kier alpha value is -1.60. The fraction of sp³-hybridized carbons (Fsp3) is 0.500. The van der Waals surface area contributed by atoms with Gasteiger partial charge in [0.2, 0.25) is 10.0 Å². The minimum Gasteiger partial charge on any atom is -0.491 e. The van der Waals surface area contributed by atoms with Crippen molar-refractivity contribution >= 4 is 16.0 Å². The number of benzene rings is 1. The average molecular weight is 315 g/mol. The Morgan fingerprint density at radius 3 is 2.57 bits per heavy atom. The third-order valence-corrected chi connectivity index (χ3v) is 4.13. The number of carbonyl (C=O) groups is 1. The van der Waals surface area contributed by atoms with Crippen molar-refractivity contribution in [3.05, 3.63) is 29.8 Å². The summed E-state index contributed by atoms with van der Waals surface area (Å²) in [6, 6.07) is 6.69. The van der Waals surface area contributed by atoms with Gasteiger partial charge in [-0.2, -0.15) is 0 Å². The van der Waals surface area contributed by atoms with Gasteiger partial charge in [0.15, 0.2) is 0 Å². The average Bonchev–Trinajstić information content (AvgIpc) is 2.35. The first-order valence-corrected chi connectivity index (χ1v) is 8.33. The molecule has 0 aliphatic heterocycles. The molecule has 7 heteroatoms. The summed E-state index contributed by atoms with van der Waals surface area (Å²) in [5.41, 5.74) is 0.757. The molecule has 0 aromatic heterocycles. The van der Waals surface area contributed by atoms with E-state index in [1.165, 1.54) is 0 Å². The van der Waals surface area contributed by atoms with Crippen LogP contribution in [0.5, 0.6) is 5.75 Å². The molecule has 1 atom stereocenters. The van der Waals surface area contributed by atoms with Crippen LogP contribution in [-0.2, 0) is 14.8 Å². The van der Waals surface area contributed by atoms with Gasteiger partial charge in [-0.25, -0.2) is 13.1 Å². The van der Waals surface area contributed by atoms with E-state index in [0.717, 1.165) is 5.56 Å². The van der Waals surface area contributed by atoms with Gasteiger partial charge in [-0.05, 0) is 38.5 Å². The van der Waals surface area contributed by atoms with Crippen molar-refractivity contribution in [2.75, 3.05) is 5.75 Å². The zero-order valence-corrected chi connectivity index (χ0v) is 13.2.